The summed E-state index contributed by atoms with van der Waals surface area (Å²) >= 11 is 5.80. The summed E-state index contributed by atoms with van der Waals surface area (Å²) in [6, 6.07) is 6.79. The van der Waals surface area contributed by atoms with Crippen LogP contribution in [-0.2, 0) is 21.4 Å². The summed E-state index contributed by atoms with van der Waals surface area (Å²) in [5.41, 5.74) is 0.794. The number of carbonyl (C=O) groups is 1. The van der Waals surface area contributed by atoms with Crippen LogP contribution in [0.4, 0.5) is 0 Å². The summed E-state index contributed by atoms with van der Waals surface area (Å²) in [5.74, 6) is -1.33. The minimum Gasteiger partial charge on any atom is -0.480 e. The zero-order valence-electron chi connectivity index (χ0n) is 11.0. The molecule has 2 rings (SSSR count). The molecular weight excluding hydrogens is 302 g/mol. The van der Waals surface area contributed by atoms with Crippen LogP contribution in [0.1, 0.15) is 25.3 Å². The quantitative estimate of drug-likeness (QED) is 0.872. The van der Waals surface area contributed by atoms with Gasteiger partial charge in [0.05, 0.1) is 0 Å². The van der Waals surface area contributed by atoms with Gasteiger partial charge in [0.2, 0.25) is 10.0 Å². The Morgan fingerprint density at radius 1 is 1.40 bits per heavy atom. The van der Waals surface area contributed by atoms with Crippen molar-refractivity contribution in [1.82, 2.24) is 4.31 Å². The zero-order valence-corrected chi connectivity index (χ0v) is 12.6. The summed E-state index contributed by atoms with van der Waals surface area (Å²) in [6.45, 7) is 1.39. The molecule has 0 aliphatic heterocycles. The topological polar surface area (TPSA) is 74.7 Å². The summed E-state index contributed by atoms with van der Waals surface area (Å²) < 4.78 is 26.0. The zero-order chi connectivity index (χ0) is 14.9. The predicted octanol–water partition coefficient (Wildman–Crippen LogP) is 2.11. The van der Waals surface area contributed by atoms with Gasteiger partial charge in [0.15, 0.2) is 5.25 Å². The molecule has 0 heterocycles. The maximum absolute atomic E-state index is 12.3. The summed E-state index contributed by atoms with van der Waals surface area (Å²) in [6.07, 6.45) is 1.55. The van der Waals surface area contributed by atoms with E-state index in [-0.39, 0.29) is 12.6 Å². The molecule has 0 bridgehead atoms. The van der Waals surface area contributed by atoms with Gasteiger partial charge in [-0.1, -0.05) is 23.7 Å². The first-order chi connectivity index (χ1) is 9.32. The Balaban J connectivity index is 2.23. The summed E-state index contributed by atoms with van der Waals surface area (Å²) in [7, 11) is -3.84. The van der Waals surface area contributed by atoms with Gasteiger partial charge in [0.25, 0.3) is 0 Å². The van der Waals surface area contributed by atoms with Crippen LogP contribution in [0, 0.1) is 0 Å². The summed E-state index contributed by atoms with van der Waals surface area (Å²) in [5, 5.41) is 8.09. The van der Waals surface area contributed by atoms with Crippen molar-refractivity contribution < 1.29 is 18.3 Å². The van der Waals surface area contributed by atoms with Crippen LogP contribution in [0.15, 0.2) is 24.3 Å². The van der Waals surface area contributed by atoms with Crippen LogP contribution in [0.25, 0.3) is 0 Å². The highest BCUT2D eigenvalue weighted by Crippen LogP contribution is 2.32. The van der Waals surface area contributed by atoms with Gasteiger partial charge < -0.3 is 5.11 Å². The van der Waals surface area contributed by atoms with Gasteiger partial charge in [-0.3, -0.25) is 4.79 Å². The van der Waals surface area contributed by atoms with E-state index in [1.165, 1.54) is 11.2 Å². The lowest BCUT2D eigenvalue weighted by atomic mass is 10.2. The average molecular weight is 318 g/mol. The van der Waals surface area contributed by atoms with Crippen molar-refractivity contribution in [3.05, 3.63) is 34.9 Å². The fourth-order valence-corrected chi connectivity index (χ4v) is 3.63. The second kappa shape index (κ2) is 5.71. The minimum atomic E-state index is -3.84. The lowest BCUT2D eigenvalue weighted by Gasteiger charge is -2.24. The molecular formula is C13H16ClNO4S. The smallest absolute Gasteiger partial charge is 0.323 e. The molecule has 0 radical (unpaired) electrons. The van der Waals surface area contributed by atoms with Crippen LogP contribution < -0.4 is 0 Å². The Kier molecular flexibility index (Phi) is 4.36. The minimum absolute atomic E-state index is 0.0857. The Hall–Kier alpha value is -1.11. The summed E-state index contributed by atoms with van der Waals surface area (Å²) in [4.78, 5) is 11.0. The van der Waals surface area contributed by atoms with E-state index in [1.807, 2.05) is 0 Å². The van der Waals surface area contributed by atoms with Crippen molar-refractivity contribution in [2.75, 3.05) is 0 Å². The lowest BCUT2D eigenvalue weighted by molar-refractivity contribution is -0.136. The monoisotopic (exact) mass is 317 g/mol. The van der Waals surface area contributed by atoms with Crippen molar-refractivity contribution in [2.45, 2.75) is 37.6 Å². The maximum Gasteiger partial charge on any atom is 0.323 e. The van der Waals surface area contributed by atoms with Crippen molar-refractivity contribution >= 4 is 27.6 Å². The van der Waals surface area contributed by atoms with Gasteiger partial charge in [-0.25, -0.2) is 8.42 Å². The molecule has 7 heteroatoms. The molecule has 1 fully saturated rings. The molecule has 0 aromatic heterocycles. The van der Waals surface area contributed by atoms with Crippen molar-refractivity contribution in [2.24, 2.45) is 0 Å². The van der Waals surface area contributed by atoms with Crippen molar-refractivity contribution in [3.63, 3.8) is 0 Å². The van der Waals surface area contributed by atoms with Gasteiger partial charge in [-0.05, 0) is 37.5 Å². The van der Waals surface area contributed by atoms with Crippen LogP contribution >= 0.6 is 11.6 Å². The molecule has 1 aromatic rings. The van der Waals surface area contributed by atoms with Gasteiger partial charge in [-0.15, -0.1) is 0 Å². The number of rotatable bonds is 6. The number of carboxylic acids is 1. The number of aliphatic carboxylic acids is 1. The largest absolute Gasteiger partial charge is 0.480 e. The molecule has 0 amide bonds. The number of benzene rings is 1. The number of hydrogen-bond acceptors (Lipinski definition) is 3. The second-order valence-corrected chi connectivity index (χ2v) is 7.57. The Morgan fingerprint density at radius 3 is 2.40 bits per heavy atom. The van der Waals surface area contributed by atoms with Crippen LogP contribution in [-0.4, -0.2) is 35.1 Å². The predicted molar refractivity (Wildman–Crippen MR) is 76.0 cm³/mol. The molecule has 1 aliphatic carbocycles. The molecule has 1 unspecified atom stereocenters. The standard InChI is InChI=1S/C13H16ClNO4S/c1-9(13(16)17)20(18,19)15(12-6-7-12)8-10-2-4-11(14)5-3-10/h2-5,9,12H,6-8H2,1H3,(H,16,17). The van der Waals surface area contributed by atoms with E-state index in [4.69, 9.17) is 16.7 Å². The molecule has 1 aromatic carbocycles. The van der Waals surface area contributed by atoms with Crippen LogP contribution in [0.3, 0.4) is 0 Å². The third kappa shape index (κ3) is 3.31. The molecule has 1 aliphatic rings. The van der Waals surface area contributed by atoms with Gasteiger partial charge in [0, 0.05) is 17.6 Å². The molecule has 5 nitrogen and oxygen atoms in total. The first-order valence-corrected chi connectivity index (χ1v) is 8.18. The third-order valence-electron chi connectivity index (χ3n) is 3.33. The molecule has 110 valence electrons. The van der Waals surface area contributed by atoms with E-state index in [2.05, 4.69) is 0 Å². The van der Waals surface area contributed by atoms with E-state index in [1.54, 1.807) is 24.3 Å². The third-order valence-corrected chi connectivity index (χ3v) is 5.76. The van der Waals surface area contributed by atoms with Gasteiger partial charge in [0.1, 0.15) is 0 Å². The Labute approximate surface area is 123 Å². The fraction of sp³-hybridized carbons (Fsp3) is 0.462. The normalized spacial score (nSPS) is 17.1. The lowest BCUT2D eigenvalue weighted by Crippen LogP contribution is -2.42. The van der Waals surface area contributed by atoms with Crippen LogP contribution in [0.5, 0.6) is 0 Å². The number of hydrogen-bond donors (Lipinski definition) is 1. The molecule has 0 spiro atoms. The fourth-order valence-electron chi connectivity index (χ4n) is 1.89. The van der Waals surface area contributed by atoms with E-state index in [0.717, 1.165) is 18.4 Å². The highest BCUT2D eigenvalue weighted by molar-refractivity contribution is 7.90. The SMILES string of the molecule is CC(C(=O)O)S(=O)(=O)N(Cc1ccc(Cl)cc1)C1CC1. The average Bonchev–Trinajstić information content (AvgIpc) is 3.21. The Bertz CT molecular complexity index is 595. The van der Waals surface area contributed by atoms with E-state index >= 15 is 0 Å². The second-order valence-electron chi connectivity index (χ2n) is 4.93. The molecule has 0 saturated heterocycles. The molecule has 1 N–H and O–H groups in total. The maximum atomic E-state index is 12.3. The van der Waals surface area contributed by atoms with E-state index in [9.17, 15) is 13.2 Å². The first-order valence-electron chi connectivity index (χ1n) is 6.30. The van der Waals surface area contributed by atoms with E-state index in [0.29, 0.717) is 5.02 Å². The molecule has 20 heavy (non-hydrogen) atoms. The Morgan fingerprint density at radius 2 is 1.95 bits per heavy atom. The highest BCUT2D eigenvalue weighted by atomic mass is 35.5. The van der Waals surface area contributed by atoms with Crippen molar-refractivity contribution in [3.8, 4) is 0 Å². The van der Waals surface area contributed by atoms with Crippen molar-refractivity contribution in [1.29, 1.82) is 0 Å². The number of sulfonamides is 1. The highest BCUT2D eigenvalue weighted by Gasteiger charge is 2.42. The van der Waals surface area contributed by atoms with Crippen LogP contribution in [0.2, 0.25) is 5.02 Å². The molecule has 1 atom stereocenters. The number of carboxylic acid groups (broad SMARTS) is 1. The number of halogens is 1. The molecule has 1 saturated carbocycles. The van der Waals surface area contributed by atoms with Gasteiger partial charge >= 0.3 is 5.97 Å². The van der Waals surface area contributed by atoms with E-state index < -0.39 is 21.2 Å². The number of nitrogens with zero attached hydrogens (tertiary/aromatic N) is 1. The first kappa shape index (κ1) is 15.3. The van der Waals surface area contributed by atoms with Gasteiger partial charge in [-0.2, -0.15) is 4.31 Å².